The van der Waals surface area contributed by atoms with E-state index in [9.17, 15) is 5.11 Å². The number of carboxylic acid groups (broad SMARTS) is 2. The molecule has 4 N–H and O–H groups in total. The van der Waals surface area contributed by atoms with Gasteiger partial charge in [-0.2, -0.15) is 0 Å². The Hall–Kier alpha value is -1.71. The van der Waals surface area contributed by atoms with Crippen molar-refractivity contribution in [1.82, 2.24) is 5.32 Å². The molecule has 0 amide bonds. The molecule has 1 atom stereocenters. The summed E-state index contributed by atoms with van der Waals surface area (Å²) in [5, 5.41) is 28.4. The largest absolute Gasteiger partial charge is 0.473 e. The summed E-state index contributed by atoms with van der Waals surface area (Å²) in [6, 6.07) is 7.55. The fourth-order valence-corrected chi connectivity index (χ4v) is 1.95. The number of ether oxygens (including phenoxy) is 2. The van der Waals surface area contributed by atoms with E-state index in [1.54, 1.807) is 0 Å². The van der Waals surface area contributed by atoms with E-state index in [-0.39, 0.29) is 6.10 Å². The van der Waals surface area contributed by atoms with Crippen LogP contribution in [0.25, 0.3) is 0 Å². The van der Waals surface area contributed by atoms with Gasteiger partial charge in [0, 0.05) is 18.2 Å². The van der Waals surface area contributed by atoms with Crippen LogP contribution in [0.2, 0.25) is 5.02 Å². The minimum atomic E-state index is -1.82. The monoisotopic (exact) mass is 405 g/mol. The second kappa shape index (κ2) is 15.4. The van der Waals surface area contributed by atoms with Gasteiger partial charge in [-0.25, -0.2) is 9.59 Å². The van der Waals surface area contributed by atoms with E-state index in [1.807, 2.05) is 38.1 Å². The Labute approximate surface area is 164 Å². The van der Waals surface area contributed by atoms with E-state index in [0.717, 1.165) is 25.1 Å². The Morgan fingerprint density at radius 1 is 1.19 bits per heavy atom. The molecule has 0 spiro atoms. The highest BCUT2D eigenvalue weighted by Gasteiger charge is 2.05. The molecule has 0 bridgehead atoms. The van der Waals surface area contributed by atoms with Crippen LogP contribution in [-0.2, 0) is 25.7 Å². The summed E-state index contributed by atoms with van der Waals surface area (Å²) < 4.78 is 10.9. The third-order valence-electron chi connectivity index (χ3n) is 3.04. The van der Waals surface area contributed by atoms with Crippen molar-refractivity contribution in [1.29, 1.82) is 0 Å². The van der Waals surface area contributed by atoms with E-state index in [2.05, 4.69) is 5.32 Å². The van der Waals surface area contributed by atoms with E-state index >= 15 is 0 Å². The first-order valence-electron chi connectivity index (χ1n) is 8.51. The molecule has 1 rings (SSSR count). The molecule has 0 radical (unpaired) electrons. The number of aliphatic hydroxyl groups is 1. The number of aliphatic carboxylic acids is 2. The Balaban J connectivity index is 0.000000972. The second-order valence-corrected chi connectivity index (χ2v) is 6.26. The molecule has 0 saturated heterocycles. The molecular formula is C18H28ClNO7. The minimum Gasteiger partial charge on any atom is -0.473 e. The molecule has 0 heterocycles. The zero-order valence-corrected chi connectivity index (χ0v) is 16.3. The second-order valence-electron chi connectivity index (χ2n) is 5.85. The number of nitrogens with one attached hydrogen (secondary N) is 1. The maximum Gasteiger partial charge on any atom is 0.414 e. The smallest absolute Gasteiger partial charge is 0.414 e. The average Bonchev–Trinajstić information content (AvgIpc) is 2.60. The first-order valence-corrected chi connectivity index (χ1v) is 8.89. The molecule has 154 valence electrons. The van der Waals surface area contributed by atoms with Crippen molar-refractivity contribution in [2.75, 3.05) is 26.3 Å². The van der Waals surface area contributed by atoms with E-state index in [4.69, 9.17) is 40.9 Å². The summed E-state index contributed by atoms with van der Waals surface area (Å²) in [5.74, 6) is -3.65. The normalized spacial score (nSPS) is 11.6. The number of benzene rings is 1. The number of hydrogen-bond acceptors (Lipinski definition) is 6. The third-order valence-corrected chi connectivity index (χ3v) is 3.41. The Morgan fingerprint density at radius 2 is 1.81 bits per heavy atom. The van der Waals surface area contributed by atoms with Crippen LogP contribution in [-0.4, -0.2) is 65.8 Å². The summed E-state index contributed by atoms with van der Waals surface area (Å²) >= 11 is 6.03. The molecule has 9 heteroatoms. The van der Waals surface area contributed by atoms with Crippen LogP contribution in [0.1, 0.15) is 25.8 Å². The Morgan fingerprint density at radius 3 is 2.37 bits per heavy atom. The van der Waals surface area contributed by atoms with Gasteiger partial charge in [0.2, 0.25) is 0 Å². The quantitative estimate of drug-likeness (QED) is 0.324. The lowest BCUT2D eigenvalue weighted by Gasteiger charge is -2.13. The van der Waals surface area contributed by atoms with Crippen molar-refractivity contribution in [2.24, 2.45) is 0 Å². The lowest BCUT2D eigenvalue weighted by atomic mass is 10.2. The van der Waals surface area contributed by atoms with Gasteiger partial charge >= 0.3 is 11.9 Å². The van der Waals surface area contributed by atoms with Crippen molar-refractivity contribution in [3.8, 4) is 0 Å². The molecule has 8 nitrogen and oxygen atoms in total. The molecular weight excluding hydrogens is 378 g/mol. The number of aliphatic hydroxyl groups excluding tert-OH is 1. The van der Waals surface area contributed by atoms with Gasteiger partial charge in [0.05, 0.1) is 25.4 Å². The molecule has 1 unspecified atom stereocenters. The van der Waals surface area contributed by atoms with Crippen molar-refractivity contribution in [3.05, 3.63) is 34.9 Å². The van der Waals surface area contributed by atoms with Crippen LogP contribution >= 0.6 is 11.6 Å². The van der Waals surface area contributed by atoms with Crippen LogP contribution in [0.5, 0.6) is 0 Å². The first kappa shape index (κ1) is 25.3. The van der Waals surface area contributed by atoms with Gasteiger partial charge in [-0.1, -0.05) is 29.8 Å². The van der Waals surface area contributed by atoms with Crippen LogP contribution < -0.4 is 5.32 Å². The van der Waals surface area contributed by atoms with Crippen LogP contribution in [0, 0.1) is 0 Å². The minimum absolute atomic E-state index is 0.272. The van der Waals surface area contributed by atoms with Crippen molar-refractivity contribution in [2.45, 2.75) is 39.1 Å². The van der Waals surface area contributed by atoms with Gasteiger partial charge in [0.1, 0.15) is 0 Å². The molecule has 0 saturated carbocycles. The molecule has 0 fully saturated rings. The third kappa shape index (κ3) is 15.1. The highest BCUT2D eigenvalue weighted by Crippen LogP contribution is 2.15. The molecule has 1 aromatic rings. The lowest BCUT2D eigenvalue weighted by Crippen LogP contribution is -2.31. The predicted molar refractivity (Wildman–Crippen MR) is 101 cm³/mol. The fraction of sp³-hybridized carbons (Fsp3) is 0.556. The first-order chi connectivity index (χ1) is 12.7. The summed E-state index contributed by atoms with van der Waals surface area (Å²) in [4.78, 5) is 18.2. The number of halogens is 1. The Bertz CT molecular complexity index is 542. The van der Waals surface area contributed by atoms with Crippen LogP contribution in [0.3, 0.4) is 0 Å². The lowest BCUT2D eigenvalue weighted by molar-refractivity contribution is -0.159. The average molecular weight is 406 g/mol. The number of carbonyl (C=O) groups is 2. The standard InChI is InChI=1S/C16H26ClNO3.C2H2O4/c1-13(2)21-9-5-8-18-10-15(19)12-20-11-14-6-3-4-7-16(14)17;3-1(4)2(5)6/h3-4,6-7,13,15,18-19H,5,8-12H2,1-2H3;(H,3,4)(H,5,6). The van der Waals surface area contributed by atoms with Gasteiger partial charge in [0.15, 0.2) is 0 Å². The van der Waals surface area contributed by atoms with Crippen LogP contribution in [0.15, 0.2) is 24.3 Å². The summed E-state index contributed by atoms with van der Waals surface area (Å²) in [7, 11) is 0. The van der Waals surface area contributed by atoms with Gasteiger partial charge in [-0.05, 0) is 38.4 Å². The predicted octanol–water partition coefficient (Wildman–Crippen LogP) is 1.78. The Kier molecular flexibility index (Phi) is 14.4. The van der Waals surface area contributed by atoms with E-state index in [0.29, 0.717) is 24.8 Å². The maximum atomic E-state index is 9.79. The van der Waals surface area contributed by atoms with Crippen molar-refractivity contribution < 1.29 is 34.4 Å². The van der Waals surface area contributed by atoms with Crippen molar-refractivity contribution in [3.63, 3.8) is 0 Å². The zero-order chi connectivity index (χ0) is 20.7. The number of hydrogen-bond donors (Lipinski definition) is 4. The number of carboxylic acids is 2. The summed E-state index contributed by atoms with van der Waals surface area (Å²) in [6.07, 6.45) is 0.693. The fourth-order valence-electron chi connectivity index (χ4n) is 1.76. The van der Waals surface area contributed by atoms with Gasteiger partial charge in [-0.3, -0.25) is 0 Å². The summed E-state index contributed by atoms with van der Waals surface area (Å²) in [6.45, 7) is 6.84. The molecule has 1 aromatic carbocycles. The SMILES string of the molecule is CC(C)OCCCNCC(O)COCc1ccccc1Cl.O=C(O)C(=O)O. The topological polar surface area (TPSA) is 125 Å². The van der Waals surface area contributed by atoms with E-state index in [1.165, 1.54) is 0 Å². The molecule has 27 heavy (non-hydrogen) atoms. The number of rotatable bonds is 11. The molecule has 0 aromatic heterocycles. The van der Waals surface area contributed by atoms with Gasteiger partial charge in [0.25, 0.3) is 0 Å². The zero-order valence-electron chi connectivity index (χ0n) is 15.6. The van der Waals surface area contributed by atoms with Gasteiger partial charge < -0.3 is 30.1 Å². The van der Waals surface area contributed by atoms with E-state index < -0.39 is 18.0 Å². The molecule has 0 aliphatic carbocycles. The van der Waals surface area contributed by atoms with Crippen LogP contribution in [0.4, 0.5) is 0 Å². The molecule has 0 aliphatic rings. The van der Waals surface area contributed by atoms with Gasteiger partial charge in [-0.15, -0.1) is 0 Å². The highest BCUT2D eigenvalue weighted by atomic mass is 35.5. The highest BCUT2D eigenvalue weighted by molar-refractivity contribution is 6.31. The molecule has 0 aliphatic heterocycles. The maximum absolute atomic E-state index is 9.79. The summed E-state index contributed by atoms with van der Waals surface area (Å²) in [5.41, 5.74) is 0.935. The van der Waals surface area contributed by atoms with Crippen molar-refractivity contribution >= 4 is 23.5 Å².